The molecule has 3 rings (SSSR count). The molecule has 0 saturated carbocycles. The van der Waals surface area contributed by atoms with Gasteiger partial charge in [-0.25, -0.2) is 0 Å². The molecule has 1 heterocycles. The molecule has 5 nitrogen and oxygen atoms in total. The number of hydrogen-bond donors (Lipinski definition) is 2. The van der Waals surface area contributed by atoms with Crippen LogP contribution in [0.2, 0.25) is 0 Å². The molecule has 3 aromatic rings. The van der Waals surface area contributed by atoms with E-state index in [9.17, 15) is 9.90 Å². The van der Waals surface area contributed by atoms with Crippen molar-refractivity contribution < 1.29 is 9.84 Å². The molecule has 6 heteroatoms. The van der Waals surface area contributed by atoms with E-state index in [0.717, 1.165) is 11.3 Å². The van der Waals surface area contributed by atoms with Gasteiger partial charge in [0.25, 0.3) is 5.56 Å². The Labute approximate surface area is 143 Å². The van der Waals surface area contributed by atoms with E-state index in [2.05, 4.69) is 4.98 Å². The minimum Gasteiger partial charge on any atom is -0.497 e. The van der Waals surface area contributed by atoms with Crippen molar-refractivity contribution in [2.24, 2.45) is 0 Å². The number of hydrogen-bond acceptors (Lipinski definition) is 4. The third-order valence-electron chi connectivity index (χ3n) is 3.73. The summed E-state index contributed by atoms with van der Waals surface area (Å²) in [6, 6.07) is 16.5. The van der Waals surface area contributed by atoms with E-state index in [1.165, 1.54) is 4.57 Å². The molecule has 2 N–H and O–H groups in total. The number of benzene rings is 2. The Kier molecular flexibility index (Phi) is 4.48. The SMILES string of the molecule is COc1ccc(Cc2c(O)n(-c3ccccc3)c(=S)[nH]c2=O)cc1. The summed E-state index contributed by atoms with van der Waals surface area (Å²) in [7, 11) is 1.59. The summed E-state index contributed by atoms with van der Waals surface area (Å²) in [5.74, 6) is 0.586. The fourth-order valence-electron chi connectivity index (χ4n) is 2.48. The Hall–Kier alpha value is -2.86. The highest BCUT2D eigenvalue weighted by Gasteiger charge is 2.14. The summed E-state index contributed by atoms with van der Waals surface area (Å²) < 4.78 is 6.73. The third kappa shape index (κ3) is 3.09. The summed E-state index contributed by atoms with van der Waals surface area (Å²) in [6.07, 6.45) is 0.285. The molecule has 0 spiro atoms. The van der Waals surface area contributed by atoms with E-state index in [4.69, 9.17) is 17.0 Å². The van der Waals surface area contributed by atoms with Crippen LogP contribution in [0.25, 0.3) is 5.69 Å². The highest BCUT2D eigenvalue weighted by Crippen LogP contribution is 2.22. The summed E-state index contributed by atoms with van der Waals surface area (Å²) in [4.78, 5) is 14.9. The zero-order valence-corrected chi connectivity index (χ0v) is 13.8. The van der Waals surface area contributed by atoms with Crippen molar-refractivity contribution in [2.45, 2.75) is 6.42 Å². The number of aromatic nitrogens is 2. The van der Waals surface area contributed by atoms with Crippen LogP contribution in [0.4, 0.5) is 0 Å². The standard InChI is InChI=1S/C18H16N2O3S/c1-23-14-9-7-12(8-10-14)11-15-16(21)19-18(24)20(17(15)22)13-5-3-2-4-6-13/h2-10,22H,11H2,1H3,(H,19,21,24). The molecule has 0 aliphatic rings. The highest BCUT2D eigenvalue weighted by atomic mass is 32.1. The minimum atomic E-state index is -0.388. The average Bonchev–Trinajstić information content (AvgIpc) is 2.60. The monoisotopic (exact) mass is 340 g/mol. The van der Waals surface area contributed by atoms with Crippen molar-refractivity contribution in [1.82, 2.24) is 9.55 Å². The predicted molar refractivity (Wildman–Crippen MR) is 94.7 cm³/mol. The molecule has 0 bridgehead atoms. The van der Waals surface area contributed by atoms with Gasteiger partial charge in [-0.1, -0.05) is 30.3 Å². The maximum absolute atomic E-state index is 12.3. The normalized spacial score (nSPS) is 10.5. The van der Waals surface area contributed by atoms with E-state index >= 15 is 0 Å². The second kappa shape index (κ2) is 6.72. The van der Waals surface area contributed by atoms with Gasteiger partial charge in [-0.05, 0) is 42.0 Å². The largest absolute Gasteiger partial charge is 0.497 e. The Balaban J connectivity index is 2.08. The van der Waals surface area contributed by atoms with Crippen LogP contribution >= 0.6 is 12.2 Å². The van der Waals surface area contributed by atoms with Crippen LogP contribution in [0.1, 0.15) is 11.1 Å². The third-order valence-corrected chi connectivity index (χ3v) is 4.02. The van der Waals surface area contributed by atoms with Crippen LogP contribution in [0.15, 0.2) is 59.4 Å². The molecule has 122 valence electrons. The zero-order chi connectivity index (χ0) is 17.1. The molecule has 0 radical (unpaired) electrons. The maximum atomic E-state index is 12.3. The first-order valence-corrected chi connectivity index (χ1v) is 7.76. The van der Waals surface area contributed by atoms with Gasteiger partial charge >= 0.3 is 0 Å². The van der Waals surface area contributed by atoms with E-state index in [0.29, 0.717) is 5.69 Å². The number of H-pyrrole nitrogens is 1. The Morgan fingerprint density at radius 2 is 1.79 bits per heavy atom. The van der Waals surface area contributed by atoms with Gasteiger partial charge < -0.3 is 9.84 Å². The molecule has 0 fully saturated rings. The van der Waals surface area contributed by atoms with Crippen LogP contribution in [0, 0.1) is 4.77 Å². The van der Waals surface area contributed by atoms with Gasteiger partial charge in [0.15, 0.2) is 4.77 Å². The molecule has 0 atom stereocenters. The van der Waals surface area contributed by atoms with Crippen molar-refractivity contribution in [3.63, 3.8) is 0 Å². The Morgan fingerprint density at radius 3 is 2.42 bits per heavy atom. The minimum absolute atomic E-state index is 0.147. The number of nitrogens with zero attached hydrogens (tertiary/aromatic N) is 1. The number of methoxy groups -OCH3 is 1. The summed E-state index contributed by atoms with van der Waals surface area (Å²) in [5, 5.41) is 10.6. The number of aromatic hydroxyl groups is 1. The van der Waals surface area contributed by atoms with Crippen LogP contribution in [-0.2, 0) is 6.42 Å². The smallest absolute Gasteiger partial charge is 0.259 e. The quantitative estimate of drug-likeness (QED) is 0.716. The first-order chi connectivity index (χ1) is 11.6. The summed E-state index contributed by atoms with van der Waals surface area (Å²) in [5.41, 5.74) is 1.44. The van der Waals surface area contributed by atoms with Crippen molar-refractivity contribution in [2.75, 3.05) is 7.11 Å². The van der Waals surface area contributed by atoms with Crippen molar-refractivity contribution in [3.8, 4) is 17.3 Å². The fourth-order valence-corrected chi connectivity index (χ4v) is 2.77. The Morgan fingerprint density at radius 1 is 1.12 bits per heavy atom. The van der Waals surface area contributed by atoms with Gasteiger partial charge in [0.05, 0.1) is 18.4 Å². The Bertz CT molecular complexity index is 960. The average molecular weight is 340 g/mol. The van der Waals surface area contributed by atoms with Crippen molar-refractivity contribution >= 4 is 12.2 Å². The lowest BCUT2D eigenvalue weighted by Gasteiger charge is -2.13. The lowest BCUT2D eigenvalue weighted by molar-refractivity contribution is 0.414. The number of para-hydroxylation sites is 1. The van der Waals surface area contributed by atoms with Gasteiger partial charge in [-0.15, -0.1) is 0 Å². The molecule has 1 aromatic heterocycles. The lowest BCUT2D eigenvalue weighted by atomic mass is 10.1. The molecular weight excluding hydrogens is 324 g/mol. The van der Waals surface area contributed by atoms with Crippen LogP contribution in [0.3, 0.4) is 0 Å². The molecular formula is C18H16N2O3S. The van der Waals surface area contributed by atoms with Gasteiger partial charge in [0.1, 0.15) is 5.75 Å². The maximum Gasteiger partial charge on any atom is 0.259 e. The van der Waals surface area contributed by atoms with E-state index in [-0.39, 0.29) is 28.2 Å². The zero-order valence-electron chi connectivity index (χ0n) is 13.0. The van der Waals surface area contributed by atoms with Gasteiger partial charge in [0.2, 0.25) is 5.88 Å². The van der Waals surface area contributed by atoms with Crippen LogP contribution in [0.5, 0.6) is 11.6 Å². The highest BCUT2D eigenvalue weighted by molar-refractivity contribution is 7.71. The number of aromatic amines is 1. The van der Waals surface area contributed by atoms with E-state index < -0.39 is 0 Å². The number of ether oxygens (including phenoxy) is 1. The molecule has 24 heavy (non-hydrogen) atoms. The van der Waals surface area contributed by atoms with Gasteiger partial charge in [0, 0.05) is 6.42 Å². The molecule has 0 aliphatic carbocycles. The second-order valence-electron chi connectivity index (χ2n) is 5.26. The first-order valence-electron chi connectivity index (χ1n) is 7.35. The number of rotatable bonds is 4. The van der Waals surface area contributed by atoms with Crippen LogP contribution in [-0.4, -0.2) is 21.8 Å². The van der Waals surface area contributed by atoms with Gasteiger partial charge in [-0.3, -0.25) is 14.3 Å². The molecule has 0 saturated heterocycles. The van der Waals surface area contributed by atoms with Crippen molar-refractivity contribution in [1.29, 1.82) is 0 Å². The predicted octanol–water partition coefficient (Wildman–Crippen LogP) is 3.20. The molecule has 0 unspecified atom stereocenters. The van der Waals surface area contributed by atoms with Gasteiger partial charge in [-0.2, -0.15) is 0 Å². The molecule has 0 amide bonds. The molecule has 0 aliphatic heterocycles. The summed E-state index contributed by atoms with van der Waals surface area (Å²) in [6.45, 7) is 0. The van der Waals surface area contributed by atoms with Crippen LogP contribution < -0.4 is 10.3 Å². The fraction of sp³-hybridized carbons (Fsp3) is 0.111. The topological polar surface area (TPSA) is 67.2 Å². The van der Waals surface area contributed by atoms with Crippen molar-refractivity contribution in [3.05, 3.63) is 80.8 Å². The second-order valence-corrected chi connectivity index (χ2v) is 5.64. The van der Waals surface area contributed by atoms with E-state index in [1.807, 2.05) is 54.6 Å². The first kappa shape index (κ1) is 16.0. The molecule has 2 aromatic carbocycles. The lowest BCUT2D eigenvalue weighted by Crippen LogP contribution is -2.18. The van der Waals surface area contributed by atoms with E-state index in [1.54, 1.807) is 7.11 Å². The summed E-state index contributed by atoms with van der Waals surface area (Å²) >= 11 is 5.20. The number of nitrogens with one attached hydrogen (secondary N) is 1.